The van der Waals surface area contributed by atoms with Crippen molar-refractivity contribution in [1.29, 1.82) is 0 Å². The molecule has 122 valence electrons. The number of hydrogen-bond donors (Lipinski definition) is 1. The fraction of sp³-hybridized carbons (Fsp3) is 0.222. The van der Waals surface area contributed by atoms with Crippen molar-refractivity contribution in [3.05, 3.63) is 53.9 Å². The van der Waals surface area contributed by atoms with E-state index in [0.29, 0.717) is 36.1 Å². The standard InChI is InChI=1S/C18H17N3O3/c22-12-14-11-19-9-8-16(14)20-18(24)13-4-6-15(7-5-13)21-10-2-1-3-17(21)23/h4-9,11-12H,1-3,10H2,(H,19,20,24). The van der Waals surface area contributed by atoms with E-state index in [9.17, 15) is 14.4 Å². The first kappa shape index (κ1) is 15.9. The molecule has 0 radical (unpaired) electrons. The van der Waals surface area contributed by atoms with Crippen molar-refractivity contribution in [3.8, 4) is 0 Å². The summed E-state index contributed by atoms with van der Waals surface area (Å²) in [4.78, 5) is 40.8. The molecule has 1 aromatic heterocycles. The van der Waals surface area contributed by atoms with Crippen LogP contribution in [0.3, 0.4) is 0 Å². The lowest BCUT2D eigenvalue weighted by molar-refractivity contribution is -0.119. The summed E-state index contributed by atoms with van der Waals surface area (Å²) in [5.41, 5.74) is 1.99. The van der Waals surface area contributed by atoms with E-state index in [-0.39, 0.29) is 11.8 Å². The van der Waals surface area contributed by atoms with Crippen LogP contribution in [0.5, 0.6) is 0 Å². The summed E-state index contributed by atoms with van der Waals surface area (Å²) < 4.78 is 0. The number of carbonyl (C=O) groups is 3. The summed E-state index contributed by atoms with van der Waals surface area (Å²) in [6, 6.07) is 8.46. The Kier molecular flexibility index (Phi) is 4.65. The number of anilines is 2. The minimum atomic E-state index is -0.319. The second-order valence-corrected chi connectivity index (χ2v) is 5.58. The Bertz CT molecular complexity index is 771. The number of aromatic nitrogens is 1. The molecule has 0 unspecified atom stereocenters. The van der Waals surface area contributed by atoms with Gasteiger partial charge in [0.05, 0.1) is 11.3 Å². The molecule has 2 heterocycles. The highest BCUT2D eigenvalue weighted by Crippen LogP contribution is 2.22. The number of piperidine rings is 1. The van der Waals surface area contributed by atoms with Crippen molar-refractivity contribution in [2.24, 2.45) is 0 Å². The number of amides is 2. The van der Waals surface area contributed by atoms with Crippen molar-refractivity contribution in [2.75, 3.05) is 16.8 Å². The Hall–Kier alpha value is -3.02. The highest BCUT2D eigenvalue weighted by molar-refractivity contribution is 6.06. The van der Waals surface area contributed by atoms with E-state index in [1.807, 2.05) is 0 Å². The first-order valence-corrected chi connectivity index (χ1v) is 7.80. The van der Waals surface area contributed by atoms with Gasteiger partial charge in [-0.25, -0.2) is 0 Å². The minimum absolute atomic E-state index is 0.117. The van der Waals surface area contributed by atoms with E-state index in [2.05, 4.69) is 10.3 Å². The predicted octanol–water partition coefficient (Wildman–Crippen LogP) is 2.66. The van der Waals surface area contributed by atoms with Gasteiger partial charge in [0.1, 0.15) is 0 Å². The van der Waals surface area contributed by atoms with Crippen molar-refractivity contribution in [2.45, 2.75) is 19.3 Å². The molecule has 2 aromatic rings. The summed E-state index contributed by atoms with van der Waals surface area (Å²) in [6.45, 7) is 0.712. The Morgan fingerprint density at radius 3 is 2.67 bits per heavy atom. The molecular formula is C18H17N3O3. The Labute approximate surface area is 139 Å². The number of nitrogens with zero attached hydrogens (tertiary/aromatic N) is 2. The van der Waals surface area contributed by atoms with Gasteiger partial charge < -0.3 is 10.2 Å². The smallest absolute Gasteiger partial charge is 0.255 e. The van der Waals surface area contributed by atoms with Gasteiger partial charge in [0, 0.05) is 36.6 Å². The molecule has 1 aliphatic rings. The number of benzene rings is 1. The van der Waals surface area contributed by atoms with Crippen LogP contribution in [-0.2, 0) is 4.79 Å². The van der Waals surface area contributed by atoms with Gasteiger partial charge >= 0.3 is 0 Å². The summed E-state index contributed by atoms with van der Waals surface area (Å²) >= 11 is 0. The van der Waals surface area contributed by atoms with Crippen LogP contribution in [0.25, 0.3) is 0 Å². The third-order valence-electron chi connectivity index (χ3n) is 3.99. The lowest BCUT2D eigenvalue weighted by Gasteiger charge is -2.26. The Balaban J connectivity index is 1.74. The highest BCUT2D eigenvalue weighted by Gasteiger charge is 2.19. The van der Waals surface area contributed by atoms with Crippen LogP contribution in [0.1, 0.15) is 40.0 Å². The lowest BCUT2D eigenvalue weighted by Crippen LogP contribution is -2.35. The Morgan fingerprint density at radius 2 is 1.96 bits per heavy atom. The molecule has 24 heavy (non-hydrogen) atoms. The minimum Gasteiger partial charge on any atom is -0.321 e. The molecule has 1 N–H and O–H groups in total. The molecule has 0 atom stereocenters. The van der Waals surface area contributed by atoms with Gasteiger partial charge in [0.2, 0.25) is 5.91 Å². The molecule has 0 spiro atoms. The van der Waals surface area contributed by atoms with Gasteiger partial charge in [-0.05, 0) is 43.2 Å². The quantitative estimate of drug-likeness (QED) is 0.877. The molecule has 2 amide bonds. The molecule has 1 aromatic carbocycles. The van der Waals surface area contributed by atoms with E-state index in [4.69, 9.17) is 0 Å². The second kappa shape index (κ2) is 7.04. The van der Waals surface area contributed by atoms with Crippen molar-refractivity contribution in [3.63, 3.8) is 0 Å². The average molecular weight is 323 g/mol. The average Bonchev–Trinajstić information content (AvgIpc) is 2.63. The molecule has 3 rings (SSSR count). The van der Waals surface area contributed by atoms with E-state index in [1.165, 1.54) is 12.4 Å². The van der Waals surface area contributed by atoms with Crippen molar-refractivity contribution < 1.29 is 14.4 Å². The molecular weight excluding hydrogens is 306 g/mol. The number of pyridine rings is 1. The Morgan fingerprint density at radius 1 is 1.17 bits per heavy atom. The first-order valence-electron chi connectivity index (χ1n) is 7.80. The van der Waals surface area contributed by atoms with Crippen LogP contribution in [0.2, 0.25) is 0 Å². The van der Waals surface area contributed by atoms with E-state index < -0.39 is 0 Å². The van der Waals surface area contributed by atoms with Crippen LogP contribution in [0.4, 0.5) is 11.4 Å². The van der Waals surface area contributed by atoms with E-state index >= 15 is 0 Å². The van der Waals surface area contributed by atoms with Crippen LogP contribution in [-0.4, -0.2) is 29.6 Å². The summed E-state index contributed by atoms with van der Waals surface area (Å²) in [5.74, 6) is -0.202. The third-order valence-corrected chi connectivity index (χ3v) is 3.99. The number of hydrogen-bond acceptors (Lipinski definition) is 4. The van der Waals surface area contributed by atoms with Crippen molar-refractivity contribution in [1.82, 2.24) is 4.98 Å². The number of rotatable bonds is 4. The zero-order chi connectivity index (χ0) is 16.9. The van der Waals surface area contributed by atoms with Gasteiger partial charge in [-0.2, -0.15) is 0 Å². The molecule has 1 fully saturated rings. The molecule has 6 nitrogen and oxygen atoms in total. The monoisotopic (exact) mass is 323 g/mol. The normalized spacial score (nSPS) is 14.3. The van der Waals surface area contributed by atoms with Gasteiger partial charge in [0.15, 0.2) is 6.29 Å². The predicted molar refractivity (Wildman–Crippen MR) is 90.2 cm³/mol. The zero-order valence-electron chi connectivity index (χ0n) is 13.1. The van der Waals surface area contributed by atoms with Gasteiger partial charge in [0.25, 0.3) is 5.91 Å². The molecule has 0 saturated carbocycles. The SMILES string of the molecule is O=Cc1cnccc1NC(=O)c1ccc(N2CCCCC2=O)cc1. The maximum absolute atomic E-state index is 12.3. The largest absolute Gasteiger partial charge is 0.321 e. The molecule has 0 bridgehead atoms. The lowest BCUT2D eigenvalue weighted by atomic mass is 10.1. The molecule has 0 aliphatic carbocycles. The second-order valence-electron chi connectivity index (χ2n) is 5.58. The van der Waals surface area contributed by atoms with E-state index in [0.717, 1.165) is 18.5 Å². The summed E-state index contributed by atoms with van der Waals surface area (Å²) in [6.07, 6.45) is 6.04. The molecule has 6 heteroatoms. The number of aldehydes is 1. The zero-order valence-corrected chi connectivity index (χ0v) is 13.1. The van der Waals surface area contributed by atoms with Crippen LogP contribution in [0, 0.1) is 0 Å². The summed E-state index contributed by atoms with van der Waals surface area (Å²) in [5, 5.41) is 2.69. The first-order chi connectivity index (χ1) is 11.7. The summed E-state index contributed by atoms with van der Waals surface area (Å²) in [7, 11) is 0. The fourth-order valence-electron chi connectivity index (χ4n) is 2.68. The number of nitrogens with one attached hydrogen (secondary N) is 1. The van der Waals surface area contributed by atoms with Gasteiger partial charge in [-0.15, -0.1) is 0 Å². The molecule has 1 aliphatic heterocycles. The van der Waals surface area contributed by atoms with E-state index in [1.54, 1.807) is 35.2 Å². The van der Waals surface area contributed by atoms with Gasteiger partial charge in [-0.1, -0.05) is 0 Å². The highest BCUT2D eigenvalue weighted by atomic mass is 16.2. The number of carbonyl (C=O) groups excluding carboxylic acids is 3. The topological polar surface area (TPSA) is 79.4 Å². The van der Waals surface area contributed by atoms with Gasteiger partial charge in [-0.3, -0.25) is 19.4 Å². The van der Waals surface area contributed by atoms with Crippen molar-refractivity contribution >= 4 is 29.5 Å². The third kappa shape index (κ3) is 3.32. The van der Waals surface area contributed by atoms with Crippen LogP contribution in [0.15, 0.2) is 42.7 Å². The maximum atomic E-state index is 12.3. The fourth-order valence-corrected chi connectivity index (χ4v) is 2.68. The molecule has 1 saturated heterocycles. The van der Waals surface area contributed by atoms with Crippen LogP contribution >= 0.6 is 0 Å². The maximum Gasteiger partial charge on any atom is 0.255 e. The van der Waals surface area contributed by atoms with Crippen LogP contribution < -0.4 is 10.2 Å².